The summed E-state index contributed by atoms with van der Waals surface area (Å²) in [5.41, 5.74) is 1.70. The number of allylic oxidation sites excluding steroid dienone is 5. The number of nitrogens with one attached hydrogen (secondary N) is 2. The Morgan fingerprint density at radius 2 is 1.92 bits per heavy atom. The van der Waals surface area contributed by atoms with Crippen LogP contribution in [0.3, 0.4) is 0 Å². The van der Waals surface area contributed by atoms with E-state index in [2.05, 4.69) is 10.5 Å². The molecule has 0 saturated heterocycles. The van der Waals surface area contributed by atoms with E-state index in [9.17, 15) is 20.1 Å². The second kappa shape index (κ2) is 9.04. The van der Waals surface area contributed by atoms with Gasteiger partial charge in [0.25, 0.3) is 17.3 Å². The van der Waals surface area contributed by atoms with Crippen LogP contribution in [0.1, 0.15) is 31.1 Å². The summed E-state index contributed by atoms with van der Waals surface area (Å²) in [6.07, 6.45) is 6.93. The van der Waals surface area contributed by atoms with Crippen LogP contribution in [0.25, 0.3) is 0 Å². The fourth-order valence-corrected chi connectivity index (χ4v) is 1.97. The molecule has 0 fully saturated rings. The second-order valence-electron chi connectivity index (χ2n) is 4.43. The lowest BCUT2D eigenvalue weighted by atomic mass is 10.0. The number of non-ortho nitro benzene ring substituents is 1. The van der Waals surface area contributed by atoms with E-state index in [-0.39, 0.29) is 11.3 Å². The van der Waals surface area contributed by atoms with Crippen molar-refractivity contribution in [1.82, 2.24) is 5.32 Å². The summed E-state index contributed by atoms with van der Waals surface area (Å²) in [6.45, 7) is 5.80. The molecule has 7 nitrogen and oxygen atoms in total. The molecular formula is C17H20N3O4+. The first-order valence-corrected chi connectivity index (χ1v) is 7.45. The number of hydrogen-bond donors (Lipinski definition) is 3. The molecule has 0 radical (unpaired) electrons. The molecule has 0 bridgehead atoms. The summed E-state index contributed by atoms with van der Waals surface area (Å²) in [5, 5.41) is 24.5. The molecule has 7 heteroatoms. The minimum atomic E-state index is -0.532. The molecule has 1 aromatic rings. The number of carbonyl (C=O) groups is 1. The number of benzene rings is 1. The van der Waals surface area contributed by atoms with Crippen LogP contribution in [0.15, 0.2) is 59.8 Å². The third-order valence-electron chi connectivity index (χ3n) is 3.11. The van der Waals surface area contributed by atoms with Gasteiger partial charge in [0.2, 0.25) is 0 Å². The van der Waals surface area contributed by atoms with Crippen LogP contribution in [0.2, 0.25) is 0 Å². The number of nitro groups is 1. The molecule has 24 heavy (non-hydrogen) atoms. The van der Waals surface area contributed by atoms with E-state index in [0.29, 0.717) is 11.4 Å². The Bertz CT molecular complexity index is 729. The molecule has 2 rings (SSSR count). The molecule has 0 aromatic heterocycles. The first-order valence-electron chi connectivity index (χ1n) is 7.45. The smallest absolute Gasteiger partial charge is 0.278 e. The molecule has 0 unspecified atom stereocenters. The summed E-state index contributed by atoms with van der Waals surface area (Å²) in [4.78, 5) is 22.2. The molecule has 3 N–H and O–H groups in total. The average Bonchev–Trinajstić information content (AvgIpc) is 2.63. The maximum atomic E-state index is 12.2. The van der Waals surface area contributed by atoms with Crippen LogP contribution < -0.4 is 10.5 Å². The number of nitro benzene ring substituents is 1. The van der Waals surface area contributed by atoms with E-state index < -0.39 is 10.8 Å². The zero-order chi connectivity index (χ0) is 18.1. The van der Waals surface area contributed by atoms with Gasteiger partial charge < -0.3 is 5.32 Å². The average molecular weight is 330 g/mol. The van der Waals surface area contributed by atoms with E-state index in [1.807, 2.05) is 13.8 Å². The van der Waals surface area contributed by atoms with Crippen LogP contribution in [0.5, 0.6) is 0 Å². The molecule has 1 amide bonds. The van der Waals surface area contributed by atoms with E-state index in [4.69, 9.17) is 0 Å². The van der Waals surface area contributed by atoms with Crippen molar-refractivity contribution in [3.8, 4) is 0 Å². The minimum absolute atomic E-state index is 0.0863. The number of amides is 1. The van der Waals surface area contributed by atoms with Crippen molar-refractivity contribution in [1.29, 1.82) is 0 Å². The van der Waals surface area contributed by atoms with Gasteiger partial charge in [-0.2, -0.15) is 0 Å². The monoisotopic (exact) mass is 330 g/mol. The second-order valence-corrected chi connectivity index (χ2v) is 4.43. The van der Waals surface area contributed by atoms with Crippen LogP contribution in [-0.4, -0.2) is 21.7 Å². The van der Waals surface area contributed by atoms with Crippen molar-refractivity contribution >= 4 is 17.3 Å². The molecule has 1 aliphatic rings. The highest BCUT2D eigenvalue weighted by atomic mass is 16.6. The number of hydrogen-bond acceptors (Lipinski definition) is 4. The van der Waals surface area contributed by atoms with Crippen LogP contribution in [0.4, 0.5) is 5.69 Å². The molecule has 126 valence electrons. The van der Waals surface area contributed by atoms with Gasteiger partial charge in [-0.05, 0) is 36.4 Å². The Morgan fingerprint density at radius 1 is 1.29 bits per heavy atom. The van der Waals surface area contributed by atoms with Gasteiger partial charge >= 0.3 is 0 Å². The zero-order valence-corrected chi connectivity index (χ0v) is 13.7. The zero-order valence-electron chi connectivity index (χ0n) is 13.7. The third-order valence-corrected chi connectivity index (χ3v) is 3.11. The molecule has 1 aliphatic carbocycles. The fourth-order valence-electron chi connectivity index (χ4n) is 1.97. The quantitative estimate of drug-likeness (QED) is 0.445. The molecule has 0 saturated carbocycles. The lowest BCUT2D eigenvalue weighted by Gasteiger charge is -2.10. The predicted octanol–water partition coefficient (Wildman–Crippen LogP) is 1.66. The van der Waals surface area contributed by atoms with Gasteiger partial charge in [0.1, 0.15) is 5.70 Å². The highest BCUT2D eigenvalue weighted by Crippen LogP contribution is 2.14. The summed E-state index contributed by atoms with van der Waals surface area (Å²) < 4.78 is 0. The van der Waals surface area contributed by atoms with Crippen molar-refractivity contribution in [2.45, 2.75) is 20.8 Å². The summed E-state index contributed by atoms with van der Waals surface area (Å²) in [5.74, 6) is -0.431. The SMILES string of the molecule is C/C=C1/C=CC=C(NC(=O)c2ccc([N+](=O)[O-])cc2)/C1=[NH+]\O.CC. The van der Waals surface area contributed by atoms with E-state index in [0.717, 1.165) is 5.57 Å². The predicted molar refractivity (Wildman–Crippen MR) is 90.6 cm³/mol. The third kappa shape index (κ3) is 4.39. The Balaban J connectivity index is 0.00000139. The molecule has 0 atom stereocenters. The largest absolute Gasteiger partial charge is 0.316 e. The Labute approximate surface area is 139 Å². The highest BCUT2D eigenvalue weighted by Gasteiger charge is 2.22. The van der Waals surface area contributed by atoms with Gasteiger partial charge in [-0.1, -0.05) is 26.0 Å². The molecule has 0 spiro atoms. The van der Waals surface area contributed by atoms with Crippen molar-refractivity contribution in [2.24, 2.45) is 0 Å². The van der Waals surface area contributed by atoms with Crippen LogP contribution in [0, 0.1) is 10.1 Å². The summed E-state index contributed by atoms with van der Waals surface area (Å²) in [7, 11) is 0. The van der Waals surface area contributed by atoms with Gasteiger partial charge in [-0.15, -0.1) is 0 Å². The lowest BCUT2D eigenvalue weighted by Crippen LogP contribution is -2.70. The van der Waals surface area contributed by atoms with Gasteiger partial charge in [0, 0.05) is 23.3 Å². The Kier molecular flexibility index (Phi) is 7.09. The van der Waals surface area contributed by atoms with Crippen LogP contribution in [-0.2, 0) is 0 Å². The van der Waals surface area contributed by atoms with Gasteiger partial charge in [-0.25, -0.2) is 0 Å². The van der Waals surface area contributed by atoms with E-state index in [1.165, 1.54) is 24.3 Å². The number of carbonyl (C=O) groups excluding carboxylic acids is 1. The normalized spacial score (nSPS) is 16.2. The lowest BCUT2D eigenvalue weighted by molar-refractivity contribution is -0.737. The van der Waals surface area contributed by atoms with Gasteiger partial charge in [0.05, 0.1) is 4.92 Å². The number of nitrogens with zero attached hydrogens (tertiary/aromatic N) is 1. The fraction of sp³-hybridized carbons (Fsp3) is 0.176. The van der Waals surface area contributed by atoms with Crippen molar-refractivity contribution < 1.29 is 20.1 Å². The summed E-state index contributed by atoms with van der Waals surface area (Å²) in [6, 6.07) is 5.26. The maximum absolute atomic E-state index is 12.2. The standard InChI is InChI=1S/C15H13N3O4.C2H6/c1-2-10-4-3-5-13(14(10)17-20)16-15(19)11-6-8-12(9-7-11)18(21)22;1-2/h2-9,20H,1H3,(H,16,19);1-2H3/p+1/b10-2-,17-14-;. The summed E-state index contributed by atoms with van der Waals surface area (Å²) >= 11 is 0. The molecule has 0 heterocycles. The van der Waals surface area contributed by atoms with Gasteiger partial charge in [-0.3, -0.25) is 20.1 Å². The van der Waals surface area contributed by atoms with E-state index in [1.54, 1.807) is 31.2 Å². The van der Waals surface area contributed by atoms with Crippen LogP contribution >= 0.6 is 0 Å². The molecule has 1 aromatic carbocycles. The van der Waals surface area contributed by atoms with Crippen molar-refractivity contribution in [2.75, 3.05) is 0 Å². The Hall–Kier alpha value is -3.22. The first-order chi connectivity index (χ1) is 11.6. The maximum Gasteiger partial charge on any atom is 0.278 e. The topological polar surface area (TPSA) is 106 Å². The molecule has 0 aliphatic heterocycles. The van der Waals surface area contributed by atoms with Crippen molar-refractivity contribution in [3.63, 3.8) is 0 Å². The van der Waals surface area contributed by atoms with Gasteiger partial charge in [0.15, 0.2) is 0 Å². The first kappa shape index (κ1) is 18.8. The number of rotatable bonds is 3. The minimum Gasteiger partial charge on any atom is -0.316 e. The molecular weight excluding hydrogens is 310 g/mol. The Morgan fingerprint density at radius 3 is 2.42 bits per heavy atom. The highest BCUT2D eigenvalue weighted by molar-refractivity contribution is 6.14. The van der Waals surface area contributed by atoms with E-state index >= 15 is 0 Å². The van der Waals surface area contributed by atoms with Crippen molar-refractivity contribution in [3.05, 3.63) is 75.5 Å².